The summed E-state index contributed by atoms with van der Waals surface area (Å²) in [5, 5.41) is 3.11. The van der Waals surface area contributed by atoms with E-state index in [1.807, 2.05) is 6.92 Å². The number of nitrogens with zero attached hydrogens (tertiary/aromatic N) is 1. The normalized spacial score (nSPS) is 16.1. The van der Waals surface area contributed by atoms with Gasteiger partial charge in [-0.3, -0.25) is 4.90 Å². The number of piperazine rings is 1. The van der Waals surface area contributed by atoms with Crippen LogP contribution in [0.1, 0.15) is 44.2 Å². The van der Waals surface area contributed by atoms with Gasteiger partial charge in [-0.1, -0.05) is 26.2 Å². The van der Waals surface area contributed by atoms with Gasteiger partial charge in [-0.2, -0.15) is 0 Å². The first-order valence-electron chi connectivity index (χ1n) is 7.95. The van der Waals surface area contributed by atoms with Crippen LogP contribution in [0.15, 0.2) is 0 Å². The average Bonchev–Trinajstić information content (AvgIpc) is 2.58. The maximum Gasteiger partial charge on any atom is 0.200 e. The molecule has 25 heavy (non-hydrogen) atoms. The number of rotatable bonds is 6. The molecule has 0 aromatic heterocycles. The lowest BCUT2D eigenvalue weighted by Crippen LogP contribution is -2.45. The van der Waals surface area contributed by atoms with Crippen molar-refractivity contribution in [2.24, 2.45) is 0 Å². The van der Waals surface area contributed by atoms with Gasteiger partial charge in [-0.05, 0) is 6.42 Å². The van der Waals surface area contributed by atoms with Crippen molar-refractivity contribution in [3.8, 4) is 0 Å². The van der Waals surface area contributed by atoms with Crippen LogP contribution in [0, 0.1) is 29.1 Å². The summed E-state index contributed by atoms with van der Waals surface area (Å²) in [7, 11) is 0. The molecule has 1 N–H and O–H groups in total. The van der Waals surface area contributed by atoms with Crippen molar-refractivity contribution in [1.82, 2.24) is 10.2 Å². The van der Waals surface area contributed by atoms with Crippen LogP contribution in [0.3, 0.4) is 0 Å². The van der Waals surface area contributed by atoms with Crippen molar-refractivity contribution in [3.63, 3.8) is 0 Å². The van der Waals surface area contributed by atoms with Crippen LogP contribution in [-0.2, 0) is 0 Å². The molecule has 1 atom stereocenters. The molecule has 9 heteroatoms. The Bertz CT molecular complexity index is 525. The Morgan fingerprint density at radius 2 is 1.32 bits per heavy atom. The van der Waals surface area contributed by atoms with Crippen LogP contribution in [-0.4, -0.2) is 31.1 Å². The number of unbranched alkanes of at least 4 members (excludes halogenated alkanes) is 2. The van der Waals surface area contributed by atoms with E-state index in [-0.39, 0.29) is 24.8 Å². The predicted molar refractivity (Wildman–Crippen MR) is 92.1 cm³/mol. The van der Waals surface area contributed by atoms with Crippen molar-refractivity contribution >= 4 is 24.8 Å². The van der Waals surface area contributed by atoms with Gasteiger partial charge in [0.1, 0.15) is 0 Å². The SMILES string of the molecule is CCCCC[C@H](c1c(F)c(F)c(F)c(F)c1F)N1CCNCC1.Cl.Cl. The molecule has 0 radical (unpaired) electrons. The molecule has 1 aliphatic rings. The monoisotopic (exact) mass is 408 g/mol. The summed E-state index contributed by atoms with van der Waals surface area (Å²) in [5.74, 6) is -9.25. The van der Waals surface area contributed by atoms with Crippen LogP contribution < -0.4 is 5.32 Å². The molecule has 0 amide bonds. The highest BCUT2D eigenvalue weighted by Crippen LogP contribution is 2.34. The van der Waals surface area contributed by atoms with Crippen LogP contribution in [0.2, 0.25) is 0 Å². The van der Waals surface area contributed by atoms with Gasteiger partial charge in [-0.15, -0.1) is 24.8 Å². The first-order valence-corrected chi connectivity index (χ1v) is 7.95. The highest BCUT2D eigenvalue weighted by Gasteiger charge is 2.33. The number of halogens is 7. The van der Waals surface area contributed by atoms with Crippen molar-refractivity contribution in [2.75, 3.05) is 26.2 Å². The van der Waals surface area contributed by atoms with E-state index < -0.39 is 40.7 Å². The zero-order chi connectivity index (χ0) is 17.0. The van der Waals surface area contributed by atoms with E-state index in [0.717, 1.165) is 12.8 Å². The van der Waals surface area contributed by atoms with Gasteiger partial charge in [-0.25, -0.2) is 22.0 Å². The van der Waals surface area contributed by atoms with E-state index >= 15 is 0 Å². The largest absolute Gasteiger partial charge is 0.314 e. The molecular weight excluding hydrogens is 386 g/mol. The van der Waals surface area contributed by atoms with E-state index in [9.17, 15) is 22.0 Å². The fraction of sp³-hybridized carbons (Fsp3) is 0.625. The highest BCUT2D eigenvalue weighted by molar-refractivity contribution is 5.85. The van der Waals surface area contributed by atoms with Crippen molar-refractivity contribution in [3.05, 3.63) is 34.6 Å². The Labute approximate surface area is 157 Å². The lowest BCUT2D eigenvalue weighted by Gasteiger charge is -2.35. The molecule has 1 aromatic rings. The Hall–Kier alpha value is -0.630. The average molecular weight is 409 g/mol. The molecule has 146 valence electrons. The van der Waals surface area contributed by atoms with Gasteiger partial charge in [0, 0.05) is 37.8 Å². The number of hydrogen-bond donors (Lipinski definition) is 1. The Morgan fingerprint density at radius 1 is 0.840 bits per heavy atom. The van der Waals surface area contributed by atoms with E-state index in [0.29, 0.717) is 39.0 Å². The molecule has 0 unspecified atom stereocenters. The Morgan fingerprint density at radius 3 is 1.80 bits per heavy atom. The van der Waals surface area contributed by atoms with E-state index in [1.165, 1.54) is 0 Å². The van der Waals surface area contributed by atoms with Crippen LogP contribution in [0.25, 0.3) is 0 Å². The van der Waals surface area contributed by atoms with Crippen molar-refractivity contribution in [2.45, 2.75) is 38.6 Å². The summed E-state index contributed by atoms with van der Waals surface area (Å²) >= 11 is 0. The summed E-state index contributed by atoms with van der Waals surface area (Å²) in [4.78, 5) is 1.80. The molecule has 0 saturated carbocycles. The molecule has 1 heterocycles. The lowest BCUT2D eigenvalue weighted by molar-refractivity contribution is 0.153. The van der Waals surface area contributed by atoms with E-state index in [4.69, 9.17) is 0 Å². The molecule has 1 saturated heterocycles. The summed E-state index contributed by atoms with van der Waals surface area (Å²) in [6.07, 6.45) is 2.79. The summed E-state index contributed by atoms with van der Waals surface area (Å²) < 4.78 is 68.6. The number of benzene rings is 1. The predicted octanol–water partition coefficient (Wildman–Crippen LogP) is 4.75. The molecule has 1 aliphatic heterocycles. The molecule has 0 bridgehead atoms. The maximum absolute atomic E-state index is 14.2. The first kappa shape index (κ1) is 24.4. The zero-order valence-corrected chi connectivity index (χ0v) is 15.5. The molecule has 2 nitrogen and oxygen atoms in total. The topological polar surface area (TPSA) is 15.3 Å². The molecule has 1 fully saturated rings. The van der Waals surface area contributed by atoms with Gasteiger partial charge < -0.3 is 5.32 Å². The fourth-order valence-corrected chi connectivity index (χ4v) is 3.01. The zero-order valence-electron chi connectivity index (χ0n) is 13.9. The third kappa shape index (κ3) is 5.42. The van der Waals surface area contributed by atoms with Crippen LogP contribution in [0.5, 0.6) is 0 Å². The number of nitrogens with one attached hydrogen (secondary N) is 1. The second-order valence-electron chi connectivity index (χ2n) is 5.78. The lowest BCUT2D eigenvalue weighted by atomic mass is 9.96. The minimum Gasteiger partial charge on any atom is -0.314 e. The second kappa shape index (κ2) is 11.2. The molecular formula is C16H23Cl2F5N2. The van der Waals surface area contributed by atoms with Gasteiger partial charge in [0.25, 0.3) is 0 Å². The van der Waals surface area contributed by atoms with Gasteiger partial charge in [0.2, 0.25) is 5.82 Å². The fourth-order valence-electron chi connectivity index (χ4n) is 3.01. The van der Waals surface area contributed by atoms with Gasteiger partial charge >= 0.3 is 0 Å². The second-order valence-corrected chi connectivity index (χ2v) is 5.78. The standard InChI is InChI=1S/C16H21F5N2.2ClH/c1-2-3-4-5-10(23-8-6-22-7-9-23)11-12(17)14(19)16(21)15(20)13(11)18;;/h10,22H,2-9H2,1H3;2*1H/t10-;;/m1../s1. The minimum absolute atomic E-state index is 0. The maximum atomic E-state index is 14.2. The number of hydrogen-bond acceptors (Lipinski definition) is 2. The molecule has 0 aliphatic carbocycles. The van der Waals surface area contributed by atoms with E-state index in [1.54, 1.807) is 4.90 Å². The van der Waals surface area contributed by atoms with Gasteiger partial charge in [0.05, 0.1) is 0 Å². The Kier molecular flexibility index (Phi) is 10.9. The summed E-state index contributed by atoms with van der Waals surface area (Å²) in [5.41, 5.74) is -0.695. The highest BCUT2D eigenvalue weighted by atomic mass is 35.5. The molecule has 2 rings (SSSR count). The third-order valence-electron chi connectivity index (χ3n) is 4.25. The van der Waals surface area contributed by atoms with E-state index in [2.05, 4.69) is 5.32 Å². The van der Waals surface area contributed by atoms with Crippen molar-refractivity contribution < 1.29 is 22.0 Å². The first-order chi connectivity index (χ1) is 11.0. The van der Waals surface area contributed by atoms with Gasteiger partial charge in [0.15, 0.2) is 23.3 Å². The quantitative estimate of drug-likeness (QED) is 0.316. The minimum atomic E-state index is -2.10. The summed E-state index contributed by atoms with van der Waals surface area (Å²) in [6.45, 7) is 4.25. The summed E-state index contributed by atoms with van der Waals surface area (Å²) in [6, 6.07) is -0.798. The van der Waals surface area contributed by atoms with Crippen molar-refractivity contribution in [1.29, 1.82) is 0 Å². The third-order valence-corrected chi connectivity index (χ3v) is 4.25. The van der Waals surface area contributed by atoms with Crippen LogP contribution >= 0.6 is 24.8 Å². The smallest absolute Gasteiger partial charge is 0.200 e. The Balaban J connectivity index is 0.00000288. The van der Waals surface area contributed by atoms with Crippen LogP contribution in [0.4, 0.5) is 22.0 Å². The molecule has 1 aromatic carbocycles. The molecule has 0 spiro atoms.